The summed E-state index contributed by atoms with van der Waals surface area (Å²) in [5.74, 6) is 0.0969. The Labute approximate surface area is 159 Å². The van der Waals surface area contributed by atoms with Gasteiger partial charge in [0.2, 0.25) is 0 Å². The maximum atomic E-state index is 12.9. The zero-order chi connectivity index (χ0) is 18.6. The molecule has 0 unspecified atom stereocenters. The molecule has 3 aromatic heterocycles. The molecule has 27 heavy (non-hydrogen) atoms. The van der Waals surface area contributed by atoms with E-state index in [9.17, 15) is 9.59 Å². The number of thiophene rings is 1. The molecule has 3 aromatic rings. The normalized spacial score (nSPS) is 13.0. The van der Waals surface area contributed by atoms with Crippen molar-refractivity contribution < 1.29 is 14.0 Å². The van der Waals surface area contributed by atoms with E-state index in [1.807, 2.05) is 0 Å². The van der Waals surface area contributed by atoms with Crippen LogP contribution in [-0.2, 0) is 19.4 Å². The molecule has 0 aromatic carbocycles. The van der Waals surface area contributed by atoms with Crippen LogP contribution >= 0.6 is 11.3 Å². The summed E-state index contributed by atoms with van der Waals surface area (Å²) in [7, 11) is 0. The lowest BCUT2D eigenvalue weighted by Gasteiger charge is -2.13. The summed E-state index contributed by atoms with van der Waals surface area (Å²) in [6.07, 6.45) is 9.85. The summed E-state index contributed by atoms with van der Waals surface area (Å²) in [5.41, 5.74) is 1.81. The molecule has 0 saturated heterocycles. The van der Waals surface area contributed by atoms with Crippen LogP contribution in [0.3, 0.4) is 0 Å². The topological polar surface area (TPSA) is 97.1 Å². The van der Waals surface area contributed by atoms with Crippen molar-refractivity contribution in [3.8, 4) is 0 Å². The number of carbonyl (C=O) groups excluding carboxylic acids is 2. The molecule has 1 aliphatic carbocycles. The first-order valence-corrected chi connectivity index (χ1v) is 9.56. The van der Waals surface area contributed by atoms with Gasteiger partial charge in [-0.1, -0.05) is 0 Å². The molecular weight excluding hydrogens is 364 g/mol. The number of nitrogens with zero attached hydrogens (tertiary/aromatic N) is 2. The molecule has 3 heterocycles. The average molecular weight is 382 g/mol. The van der Waals surface area contributed by atoms with Crippen LogP contribution < -0.4 is 10.6 Å². The van der Waals surface area contributed by atoms with Gasteiger partial charge in [0.1, 0.15) is 16.5 Å². The van der Waals surface area contributed by atoms with Crippen LogP contribution in [0.1, 0.15) is 49.9 Å². The van der Waals surface area contributed by atoms with Crippen molar-refractivity contribution in [2.75, 3.05) is 5.32 Å². The van der Waals surface area contributed by atoms with Crippen molar-refractivity contribution in [1.82, 2.24) is 15.3 Å². The SMILES string of the molecule is O=C(Nc1sc2c(c1C(=O)NCc1ccco1)CCCC2)c1cnccn1. The lowest BCUT2D eigenvalue weighted by Crippen LogP contribution is -2.25. The van der Waals surface area contributed by atoms with Gasteiger partial charge >= 0.3 is 0 Å². The fourth-order valence-electron chi connectivity index (χ4n) is 3.15. The first kappa shape index (κ1) is 17.4. The highest BCUT2D eigenvalue weighted by Crippen LogP contribution is 2.38. The predicted octanol–water partition coefficient (Wildman–Crippen LogP) is 3.19. The number of furan rings is 1. The molecule has 2 N–H and O–H groups in total. The van der Waals surface area contributed by atoms with E-state index in [-0.39, 0.29) is 17.5 Å². The molecule has 0 bridgehead atoms. The first-order chi connectivity index (χ1) is 13.2. The fourth-order valence-corrected chi connectivity index (χ4v) is 4.43. The Morgan fingerprint density at radius 2 is 2.07 bits per heavy atom. The van der Waals surface area contributed by atoms with E-state index in [4.69, 9.17) is 4.42 Å². The maximum Gasteiger partial charge on any atom is 0.276 e. The van der Waals surface area contributed by atoms with Gasteiger partial charge in [-0.3, -0.25) is 14.6 Å². The molecule has 0 saturated carbocycles. The Kier molecular flexibility index (Phi) is 4.97. The summed E-state index contributed by atoms with van der Waals surface area (Å²) in [4.78, 5) is 34.5. The second kappa shape index (κ2) is 7.71. The molecular formula is C19H18N4O3S. The Morgan fingerprint density at radius 3 is 2.85 bits per heavy atom. The van der Waals surface area contributed by atoms with E-state index < -0.39 is 0 Å². The van der Waals surface area contributed by atoms with Gasteiger partial charge in [0.05, 0.1) is 24.6 Å². The van der Waals surface area contributed by atoms with Gasteiger partial charge in [0, 0.05) is 17.3 Å². The van der Waals surface area contributed by atoms with E-state index in [2.05, 4.69) is 20.6 Å². The minimum atomic E-state index is -0.373. The molecule has 1 aliphatic rings. The quantitative estimate of drug-likeness (QED) is 0.706. The van der Waals surface area contributed by atoms with Crippen LogP contribution in [0.5, 0.6) is 0 Å². The van der Waals surface area contributed by atoms with Crippen LogP contribution in [0.2, 0.25) is 0 Å². The minimum Gasteiger partial charge on any atom is -0.467 e. The lowest BCUT2D eigenvalue weighted by molar-refractivity contribution is 0.0948. The zero-order valence-electron chi connectivity index (χ0n) is 14.5. The number of fused-ring (bicyclic) bond motifs is 1. The molecule has 4 rings (SSSR count). The molecule has 7 nitrogen and oxygen atoms in total. The summed E-state index contributed by atoms with van der Waals surface area (Å²) in [5, 5.41) is 6.30. The zero-order valence-corrected chi connectivity index (χ0v) is 15.3. The number of aryl methyl sites for hydroxylation is 1. The van der Waals surface area contributed by atoms with Crippen molar-refractivity contribution in [2.24, 2.45) is 0 Å². The standard InChI is InChI=1S/C19H18N4O3S/c24-17(14-11-20-7-8-21-14)23-19-16(13-5-1-2-6-15(13)27-19)18(25)22-10-12-4-3-9-26-12/h3-4,7-9,11H,1-2,5-6,10H2,(H,22,25)(H,23,24). The number of anilines is 1. The summed E-state index contributed by atoms with van der Waals surface area (Å²) >= 11 is 1.47. The van der Waals surface area contributed by atoms with Gasteiger partial charge in [-0.15, -0.1) is 11.3 Å². The Hall–Kier alpha value is -3.00. The summed E-state index contributed by atoms with van der Waals surface area (Å²) in [6.45, 7) is 0.300. The molecule has 8 heteroatoms. The smallest absolute Gasteiger partial charge is 0.276 e. The number of aromatic nitrogens is 2. The largest absolute Gasteiger partial charge is 0.467 e. The van der Waals surface area contributed by atoms with Crippen LogP contribution in [-0.4, -0.2) is 21.8 Å². The van der Waals surface area contributed by atoms with Gasteiger partial charge in [-0.2, -0.15) is 0 Å². The van der Waals surface area contributed by atoms with Gasteiger partial charge in [0.25, 0.3) is 11.8 Å². The van der Waals surface area contributed by atoms with Crippen LogP contribution in [0.15, 0.2) is 41.4 Å². The van der Waals surface area contributed by atoms with E-state index >= 15 is 0 Å². The molecule has 138 valence electrons. The second-order valence-corrected chi connectivity index (χ2v) is 7.33. The van der Waals surface area contributed by atoms with Crippen LogP contribution in [0.4, 0.5) is 5.00 Å². The number of hydrogen-bond donors (Lipinski definition) is 2. The molecule has 0 spiro atoms. The average Bonchev–Trinajstić information content (AvgIpc) is 3.34. The second-order valence-electron chi connectivity index (χ2n) is 6.22. The number of rotatable bonds is 5. The van der Waals surface area contributed by atoms with E-state index in [0.717, 1.165) is 31.2 Å². The lowest BCUT2D eigenvalue weighted by atomic mass is 9.95. The number of nitrogens with one attached hydrogen (secondary N) is 2. The summed E-state index contributed by atoms with van der Waals surface area (Å²) in [6, 6.07) is 3.58. The Bertz CT molecular complexity index is 951. The monoisotopic (exact) mass is 382 g/mol. The molecule has 2 amide bonds. The maximum absolute atomic E-state index is 12.9. The van der Waals surface area contributed by atoms with Crippen molar-refractivity contribution in [3.05, 3.63) is 64.4 Å². The molecule has 0 atom stereocenters. The van der Waals surface area contributed by atoms with Crippen LogP contribution in [0.25, 0.3) is 0 Å². The fraction of sp³-hybridized carbons (Fsp3) is 0.263. The highest BCUT2D eigenvalue weighted by atomic mass is 32.1. The third-order valence-electron chi connectivity index (χ3n) is 4.42. The highest BCUT2D eigenvalue weighted by molar-refractivity contribution is 7.17. The predicted molar refractivity (Wildman–Crippen MR) is 101 cm³/mol. The number of amides is 2. The third kappa shape index (κ3) is 3.75. The van der Waals surface area contributed by atoms with Gasteiger partial charge < -0.3 is 15.1 Å². The first-order valence-electron chi connectivity index (χ1n) is 8.75. The van der Waals surface area contributed by atoms with E-state index in [0.29, 0.717) is 22.9 Å². The van der Waals surface area contributed by atoms with Crippen molar-refractivity contribution >= 4 is 28.2 Å². The van der Waals surface area contributed by atoms with E-state index in [1.54, 1.807) is 18.4 Å². The molecule has 0 radical (unpaired) electrons. The Balaban J connectivity index is 1.59. The van der Waals surface area contributed by atoms with Crippen molar-refractivity contribution in [3.63, 3.8) is 0 Å². The number of carbonyl (C=O) groups is 2. The van der Waals surface area contributed by atoms with Gasteiger partial charge in [0.15, 0.2) is 0 Å². The van der Waals surface area contributed by atoms with Gasteiger partial charge in [-0.25, -0.2) is 4.98 Å². The van der Waals surface area contributed by atoms with Crippen LogP contribution in [0, 0.1) is 0 Å². The van der Waals surface area contributed by atoms with E-state index in [1.165, 1.54) is 34.8 Å². The van der Waals surface area contributed by atoms with Gasteiger partial charge in [-0.05, 0) is 43.4 Å². The number of hydrogen-bond acceptors (Lipinski definition) is 6. The minimum absolute atomic E-state index is 0.208. The molecule has 0 fully saturated rings. The molecule has 0 aliphatic heterocycles. The van der Waals surface area contributed by atoms with Crippen molar-refractivity contribution in [2.45, 2.75) is 32.2 Å². The third-order valence-corrected chi connectivity index (χ3v) is 5.63. The highest BCUT2D eigenvalue weighted by Gasteiger charge is 2.26. The van der Waals surface area contributed by atoms with Crippen molar-refractivity contribution in [1.29, 1.82) is 0 Å². The summed E-state index contributed by atoms with van der Waals surface area (Å²) < 4.78 is 5.27. The Morgan fingerprint density at radius 1 is 1.19 bits per heavy atom.